The molecule has 0 unspecified atom stereocenters. The third-order valence-corrected chi connectivity index (χ3v) is 7.66. The maximum Gasteiger partial charge on any atom is 0.259 e. The Hall–Kier alpha value is -3.65. The summed E-state index contributed by atoms with van der Waals surface area (Å²) in [6.07, 6.45) is -0.147. The monoisotopic (exact) mass is 559 g/mol. The molecule has 8 heteroatoms. The van der Waals surface area contributed by atoms with Crippen LogP contribution in [0.3, 0.4) is 0 Å². The molecule has 0 radical (unpaired) electrons. The van der Waals surface area contributed by atoms with E-state index < -0.39 is 0 Å². The number of rotatable bonds is 9. The van der Waals surface area contributed by atoms with Crippen LogP contribution >= 0.6 is 11.6 Å². The van der Waals surface area contributed by atoms with Gasteiger partial charge < -0.3 is 18.9 Å². The van der Waals surface area contributed by atoms with Gasteiger partial charge in [-0.3, -0.25) is 9.69 Å². The fourth-order valence-electron chi connectivity index (χ4n) is 4.96. The van der Waals surface area contributed by atoms with Crippen molar-refractivity contribution in [2.24, 2.45) is 0 Å². The first-order chi connectivity index (χ1) is 19.4. The lowest BCUT2D eigenvalue weighted by atomic mass is 10.0. The predicted octanol–water partition coefficient (Wildman–Crippen LogP) is 6.34. The Labute approximate surface area is 240 Å². The van der Waals surface area contributed by atoms with E-state index in [1.54, 1.807) is 20.1 Å². The molecule has 1 atom stereocenters. The highest BCUT2D eigenvalue weighted by Gasteiger charge is 2.30. The van der Waals surface area contributed by atoms with Gasteiger partial charge in [0, 0.05) is 38.3 Å². The van der Waals surface area contributed by atoms with Crippen LogP contribution in [0.25, 0.3) is 11.3 Å². The SMILES string of the molecule is COc1cccc([C@@H](CN2CCN(C(=O)c3c(-c4ccccc4Cl)noc3C)CC2)OCc2ccc(C)cc2)c1. The Kier molecular flexibility index (Phi) is 8.85. The second-order valence-corrected chi connectivity index (χ2v) is 10.5. The summed E-state index contributed by atoms with van der Waals surface area (Å²) < 4.78 is 17.4. The molecular weight excluding hydrogens is 526 g/mol. The molecule has 3 aromatic carbocycles. The van der Waals surface area contributed by atoms with E-state index >= 15 is 0 Å². The number of halogens is 1. The topological polar surface area (TPSA) is 68.0 Å². The van der Waals surface area contributed by atoms with Crippen molar-refractivity contribution in [3.8, 4) is 17.0 Å². The number of aryl methyl sites for hydroxylation is 2. The van der Waals surface area contributed by atoms with Gasteiger partial charge in [-0.2, -0.15) is 0 Å². The van der Waals surface area contributed by atoms with Crippen molar-refractivity contribution in [2.45, 2.75) is 26.6 Å². The van der Waals surface area contributed by atoms with E-state index in [0.717, 1.165) is 30.0 Å². The Balaban J connectivity index is 1.27. The molecule has 0 aliphatic carbocycles. The molecule has 208 valence electrons. The van der Waals surface area contributed by atoms with Crippen molar-refractivity contribution in [2.75, 3.05) is 39.8 Å². The third kappa shape index (κ3) is 6.39. The van der Waals surface area contributed by atoms with Crippen LogP contribution < -0.4 is 4.74 Å². The van der Waals surface area contributed by atoms with Gasteiger partial charge in [-0.15, -0.1) is 0 Å². The zero-order chi connectivity index (χ0) is 28.1. The van der Waals surface area contributed by atoms with Crippen molar-refractivity contribution in [1.82, 2.24) is 15.0 Å². The molecule has 1 aliphatic rings. The van der Waals surface area contributed by atoms with E-state index in [9.17, 15) is 4.79 Å². The van der Waals surface area contributed by atoms with Gasteiger partial charge in [0.2, 0.25) is 0 Å². The number of nitrogens with zero attached hydrogens (tertiary/aromatic N) is 3. The number of benzene rings is 3. The molecule has 0 spiro atoms. The van der Waals surface area contributed by atoms with Crippen LogP contribution in [-0.2, 0) is 11.3 Å². The number of carbonyl (C=O) groups is 1. The van der Waals surface area contributed by atoms with Crippen molar-refractivity contribution in [3.05, 3.63) is 106 Å². The highest BCUT2D eigenvalue weighted by atomic mass is 35.5. The number of carbonyl (C=O) groups excluding carboxylic acids is 1. The van der Waals surface area contributed by atoms with Gasteiger partial charge in [0.05, 0.1) is 24.8 Å². The first kappa shape index (κ1) is 27.9. The largest absolute Gasteiger partial charge is 0.497 e. The molecule has 1 aliphatic heterocycles. The Morgan fingerprint density at radius 2 is 1.75 bits per heavy atom. The predicted molar refractivity (Wildman–Crippen MR) is 156 cm³/mol. The normalized spacial score (nSPS) is 14.8. The van der Waals surface area contributed by atoms with Crippen LogP contribution in [0.2, 0.25) is 5.02 Å². The molecule has 1 saturated heterocycles. The summed E-state index contributed by atoms with van der Waals surface area (Å²) in [5.74, 6) is 1.20. The molecule has 0 bridgehead atoms. The summed E-state index contributed by atoms with van der Waals surface area (Å²) in [6, 6.07) is 23.8. The summed E-state index contributed by atoms with van der Waals surface area (Å²) in [6.45, 7) is 7.70. The molecular formula is C32H34ClN3O4. The molecule has 0 saturated carbocycles. The molecule has 7 nitrogen and oxygen atoms in total. The molecule has 2 heterocycles. The van der Waals surface area contributed by atoms with Crippen molar-refractivity contribution in [1.29, 1.82) is 0 Å². The van der Waals surface area contributed by atoms with E-state index in [4.69, 9.17) is 25.6 Å². The van der Waals surface area contributed by atoms with E-state index in [0.29, 0.717) is 53.8 Å². The highest BCUT2D eigenvalue weighted by Crippen LogP contribution is 2.32. The lowest BCUT2D eigenvalue weighted by Gasteiger charge is -2.36. The zero-order valence-electron chi connectivity index (χ0n) is 23.1. The summed E-state index contributed by atoms with van der Waals surface area (Å²) in [5.41, 5.74) is 5.06. The summed E-state index contributed by atoms with van der Waals surface area (Å²) in [5, 5.41) is 4.70. The molecule has 1 aromatic heterocycles. The lowest BCUT2D eigenvalue weighted by Crippen LogP contribution is -2.49. The van der Waals surface area contributed by atoms with Gasteiger partial charge in [0.25, 0.3) is 5.91 Å². The first-order valence-electron chi connectivity index (χ1n) is 13.5. The minimum atomic E-state index is -0.147. The molecule has 5 rings (SSSR count). The van der Waals surface area contributed by atoms with E-state index in [2.05, 4.69) is 47.3 Å². The van der Waals surface area contributed by atoms with E-state index in [1.165, 1.54) is 5.56 Å². The number of hydrogen-bond donors (Lipinski definition) is 0. The van der Waals surface area contributed by atoms with Crippen LogP contribution in [0, 0.1) is 13.8 Å². The van der Waals surface area contributed by atoms with Crippen molar-refractivity contribution in [3.63, 3.8) is 0 Å². The van der Waals surface area contributed by atoms with Gasteiger partial charge in [0.1, 0.15) is 22.8 Å². The van der Waals surface area contributed by atoms with E-state index in [-0.39, 0.29) is 12.0 Å². The molecule has 1 fully saturated rings. The number of methoxy groups -OCH3 is 1. The second kappa shape index (κ2) is 12.7. The van der Waals surface area contributed by atoms with E-state index in [1.807, 2.05) is 41.3 Å². The minimum absolute atomic E-state index is 0.0895. The number of amides is 1. The lowest BCUT2D eigenvalue weighted by molar-refractivity contribution is 0.00332. The number of hydrogen-bond acceptors (Lipinski definition) is 6. The Morgan fingerprint density at radius 1 is 1.00 bits per heavy atom. The fourth-order valence-corrected chi connectivity index (χ4v) is 5.19. The van der Waals surface area contributed by atoms with Crippen LogP contribution in [0.4, 0.5) is 0 Å². The zero-order valence-corrected chi connectivity index (χ0v) is 23.9. The summed E-state index contributed by atoms with van der Waals surface area (Å²) >= 11 is 6.41. The van der Waals surface area contributed by atoms with Gasteiger partial charge in [0.15, 0.2) is 0 Å². The molecule has 4 aromatic rings. The highest BCUT2D eigenvalue weighted by molar-refractivity contribution is 6.33. The maximum atomic E-state index is 13.6. The van der Waals surface area contributed by atoms with Crippen LogP contribution in [0.15, 0.2) is 77.3 Å². The molecule has 1 amide bonds. The summed E-state index contributed by atoms with van der Waals surface area (Å²) in [7, 11) is 1.67. The quantitative estimate of drug-likeness (QED) is 0.238. The van der Waals surface area contributed by atoms with Crippen molar-refractivity contribution < 1.29 is 18.8 Å². The first-order valence-corrected chi connectivity index (χ1v) is 13.8. The van der Waals surface area contributed by atoms with Crippen molar-refractivity contribution >= 4 is 17.5 Å². The van der Waals surface area contributed by atoms with Gasteiger partial charge in [-0.25, -0.2) is 0 Å². The minimum Gasteiger partial charge on any atom is -0.497 e. The fraction of sp³-hybridized carbons (Fsp3) is 0.312. The maximum absolute atomic E-state index is 13.6. The van der Waals surface area contributed by atoms with Gasteiger partial charge in [-0.05, 0) is 43.2 Å². The van der Waals surface area contributed by atoms with Gasteiger partial charge >= 0.3 is 0 Å². The smallest absolute Gasteiger partial charge is 0.259 e. The number of ether oxygens (including phenoxy) is 2. The Morgan fingerprint density at radius 3 is 2.48 bits per heavy atom. The van der Waals surface area contributed by atoms with Crippen LogP contribution in [0.5, 0.6) is 5.75 Å². The third-order valence-electron chi connectivity index (χ3n) is 7.33. The summed E-state index contributed by atoms with van der Waals surface area (Å²) in [4.78, 5) is 17.8. The average molecular weight is 560 g/mol. The number of aromatic nitrogens is 1. The molecule has 40 heavy (non-hydrogen) atoms. The molecule has 0 N–H and O–H groups in total. The average Bonchev–Trinajstić information content (AvgIpc) is 3.37. The van der Waals surface area contributed by atoms with Gasteiger partial charge in [-0.1, -0.05) is 76.9 Å². The van der Waals surface area contributed by atoms with Crippen LogP contribution in [0.1, 0.15) is 38.9 Å². The number of piperazine rings is 1. The standard InChI is InChI=1S/C32H34ClN3O4/c1-22-11-13-24(14-12-22)21-39-29(25-7-6-8-26(19-25)38-3)20-35-15-17-36(18-16-35)32(37)30-23(2)40-34-31(30)27-9-4-5-10-28(27)33/h4-14,19,29H,15-18,20-21H2,1-3H3/t29-/m1/s1. The second-order valence-electron chi connectivity index (χ2n) is 10.1. The van der Waals surface area contributed by atoms with Crippen LogP contribution in [-0.4, -0.2) is 60.7 Å². The Bertz CT molecular complexity index is 1440.